The molecule has 0 amide bonds. The summed E-state index contributed by atoms with van der Waals surface area (Å²) in [6, 6.07) is 12.7. The number of nitrogens with zero attached hydrogens (tertiary/aromatic N) is 1. The molecule has 1 heterocycles. The highest BCUT2D eigenvalue weighted by Crippen LogP contribution is 2.27. The molecular formula is C21H21BrFNO. The molecular weight excluding hydrogens is 381 g/mol. The summed E-state index contributed by atoms with van der Waals surface area (Å²) in [4.78, 5) is 12.7. The minimum absolute atomic E-state index is 0.162. The molecule has 0 saturated carbocycles. The summed E-state index contributed by atoms with van der Waals surface area (Å²) in [5.74, 6) is 0.196. The summed E-state index contributed by atoms with van der Waals surface area (Å²) >= 11 is 3.48. The van der Waals surface area contributed by atoms with Crippen LogP contribution < -0.4 is 0 Å². The maximum atomic E-state index is 13.3. The number of carbonyl (C=O) groups excluding carboxylic acids is 1. The zero-order chi connectivity index (χ0) is 18.0. The Balaban J connectivity index is 1.66. The highest BCUT2D eigenvalue weighted by Gasteiger charge is 2.15. The average molecular weight is 402 g/mol. The summed E-state index contributed by atoms with van der Waals surface area (Å²) in [5.41, 5.74) is 2.82. The van der Waals surface area contributed by atoms with Gasteiger partial charge in [-0.25, -0.2) is 4.39 Å². The van der Waals surface area contributed by atoms with Crippen LogP contribution in [0.5, 0.6) is 0 Å². The second-order valence-corrected chi connectivity index (χ2v) is 7.50. The number of halogens is 2. The highest BCUT2D eigenvalue weighted by molar-refractivity contribution is 9.10. The van der Waals surface area contributed by atoms with Crippen LogP contribution in [0.25, 0.3) is 10.9 Å². The first-order valence-corrected chi connectivity index (χ1v) is 9.28. The van der Waals surface area contributed by atoms with Gasteiger partial charge < -0.3 is 4.57 Å². The van der Waals surface area contributed by atoms with E-state index in [-0.39, 0.29) is 17.5 Å². The Morgan fingerprint density at radius 2 is 2.04 bits per heavy atom. The van der Waals surface area contributed by atoms with Crippen LogP contribution in [-0.2, 0) is 7.05 Å². The van der Waals surface area contributed by atoms with Crippen LogP contribution in [0.2, 0.25) is 0 Å². The van der Waals surface area contributed by atoms with Crippen molar-refractivity contribution in [2.75, 3.05) is 0 Å². The maximum Gasteiger partial charge on any atom is 0.165 e. The molecule has 0 aliphatic heterocycles. The zero-order valence-corrected chi connectivity index (χ0v) is 16.0. The van der Waals surface area contributed by atoms with Crippen molar-refractivity contribution in [3.8, 4) is 0 Å². The van der Waals surface area contributed by atoms with Crippen molar-refractivity contribution in [1.82, 2.24) is 4.57 Å². The molecule has 0 unspecified atom stereocenters. The molecule has 1 atom stereocenters. The molecule has 0 spiro atoms. The number of aryl methyl sites for hydroxylation is 1. The third-order valence-corrected chi connectivity index (χ3v) is 5.20. The molecule has 2 nitrogen and oxygen atoms in total. The summed E-state index contributed by atoms with van der Waals surface area (Å²) in [6.07, 6.45) is 4.07. The van der Waals surface area contributed by atoms with Crippen LogP contribution in [0.4, 0.5) is 4.39 Å². The lowest BCUT2D eigenvalue weighted by Gasteiger charge is -2.11. The molecule has 2 aromatic carbocycles. The van der Waals surface area contributed by atoms with Crippen LogP contribution in [0, 0.1) is 5.82 Å². The molecule has 0 fully saturated rings. The van der Waals surface area contributed by atoms with Crippen LogP contribution in [0.3, 0.4) is 0 Å². The molecule has 0 saturated heterocycles. The van der Waals surface area contributed by atoms with Gasteiger partial charge in [0.2, 0.25) is 0 Å². The Morgan fingerprint density at radius 3 is 2.80 bits per heavy atom. The number of benzene rings is 2. The van der Waals surface area contributed by atoms with Gasteiger partial charge >= 0.3 is 0 Å². The first-order chi connectivity index (χ1) is 12.0. The van der Waals surface area contributed by atoms with Gasteiger partial charge in [-0.15, -0.1) is 0 Å². The Bertz CT molecular complexity index is 915. The average Bonchev–Trinajstić information content (AvgIpc) is 2.91. The van der Waals surface area contributed by atoms with Gasteiger partial charge in [-0.05, 0) is 54.7 Å². The van der Waals surface area contributed by atoms with Crippen LogP contribution in [0.1, 0.15) is 48.0 Å². The van der Waals surface area contributed by atoms with Gasteiger partial charge in [0.15, 0.2) is 5.78 Å². The van der Waals surface area contributed by atoms with E-state index in [9.17, 15) is 9.18 Å². The Kier molecular flexibility index (Phi) is 5.38. The van der Waals surface area contributed by atoms with Crippen LogP contribution in [-0.4, -0.2) is 10.4 Å². The molecule has 0 aliphatic rings. The molecule has 4 heteroatoms. The first kappa shape index (κ1) is 17.9. The highest BCUT2D eigenvalue weighted by atomic mass is 79.9. The molecule has 0 aliphatic carbocycles. The van der Waals surface area contributed by atoms with Gasteiger partial charge in [0.05, 0.1) is 0 Å². The second kappa shape index (κ2) is 7.52. The number of fused-ring (bicyclic) bond motifs is 1. The quantitative estimate of drug-likeness (QED) is 0.448. The fourth-order valence-corrected chi connectivity index (χ4v) is 3.63. The number of rotatable bonds is 6. The van der Waals surface area contributed by atoms with Gasteiger partial charge in [-0.1, -0.05) is 35.0 Å². The maximum absolute atomic E-state index is 13.3. The van der Waals surface area contributed by atoms with Crippen molar-refractivity contribution in [3.63, 3.8) is 0 Å². The number of carbonyl (C=O) groups is 1. The van der Waals surface area contributed by atoms with E-state index in [1.807, 2.05) is 42.1 Å². The van der Waals surface area contributed by atoms with Crippen LogP contribution >= 0.6 is 15.9 Å². The van der Waals surface area contributed by atoms with Crippen molar-refractivity contribution in [2.24, 2.45) is 7.05 Å². The Morgan fingerprint density at radius 1 is 1.24 bits per heavy atom. The van der Waals surface area contributed by atoms with E-state index in [2.05, 4.69) is 22.9 Å². The lowest BCUT2D eigenvalue weighted by atomic mass is 9.94. The van der Waals surface area contributed by atoms with Gasteiger partial charge in [-0.2, -0.15) is 0 Å². The number of ketones is 1. The molecule has 0 bridgehead atoms. The number of Topliss-reactive ketones (excluding diaryl/α,β-unsaturated/α-hetero) is 1. The predicted octanol–water partition coefficient (Wildman–Crippen LogP) is 6.24. The van der Waals surface area contributed by atoms with E-state index < -0.39 is 0 Å². The third-order valence-electron chi connectivity index (χ3n) is 4.71. The lowest BCUT2D eigenvalue weighted by molar-refractivity contribution is 0.0980. The predicted molar refractivity (Wildman–Crippen MR) is 104 cm³/mol. The molecule has 130 valence electrons. The summed E-state index contributed by atoms with van der Waals surface area (Å²) in [7, 11) is 1.96. The fourth-order valence-electron chi connectivity index (χ4n) is 3.27. The van der Waals surface area contributed by atoms with Crippen molar-refractivity contribution in [2.45, 2.75) is 32.1 Å². The minimum Gasteiger partial charge on any atom is -0.350 e. The van der Waals surface area contributed by atoms with E-state index in [0.29, 0.717) is 6.42 Å². The molecule has 0 N–H and O–H groups in total. The Hall–Kier alpha value is -1.94. The normalized spacial score (nSPS) is 12.5. The third kappa shape index (κ3) is 4.01. The SMILES string of the molecule is C[C@H](CCCC(=O)c1cn(C)c2ccc(Br)cc12)c1cccc(F)c1. The largest absolute Gasteiger partial charge is 0.350 e. The molecule has 1 aromatic heterocycles. The van der Waals surface area contributed by atoms with Gasteiger partial charge in [0.1, 0.15) is 5.82 Å². The summed E-state index contributed by atoms with van der Waals surface area (Å²) in [5, 5.41) is 0.986. The molecule has 3 rings (SSSR count). The van der Waals surface area contributed by atoms with E-state index in [1.54, 1.807) is 12.1 Å². The van der Waals surface area contributed by atoms with Gasteiger partial charge in [0.25, 0.3) is 0 Å². The molecule has 3 aromatic rings. The first-order valence-electron chi connectivity index (χ1n) is 8.49. The van der Waals surface area contributed by atoms with Crippen molar-refractivity contribution >= 4 is 32.6 Å². The van der Waals surface area contributed by atoms with Crippen LogP contribution in [0.15, 0.2) is 53.1 Å². The summed E-state index contributed by atoms with van der Waals surface area (Å²) in [6.45, 7) is 2.08. The topological polar surface area (TPSA) is 22.0 Å². The summed E-state index contributed by atoms with van der Waals surface area (Å²) < 4.78 is 16.3. The second-order valence-electron chi connectivity index (χ2n) is 6.59. The smallest absolute Gasteiger partial charge is 0.165 e. The standard InChI is InChI=1S/C21H21BrFNO/c1-14(15-6-4-7-17(23)11-15)5-3-8-21(25)19-13-24(2)20-10-9-16(22)12-18(19)20/h4,6-7,9-14H,3,5,8H2,1-2H3/t14-/m1/s1. The van der Waals surface area contributed by atoms with Crippen molar-refractivity contribution in [1.29, 1.82) is 0 Å². The lowest BCUT2D eigenvalue weighted by Crippen LogP contribution is -2.01. The Labute approximate surface area is 155 Å². The number of hydrogen-bond donors (Lipinski definition) is 0. The zero-order valence-electron chi connectivity index (χ0n) is 14.4. The monoisotopic (exact) mass is 401 g/mol. The van der Waals surface area contributed by atoms with Crippen molar-refractivity contribution in [3.05, 3.63) is 70.1 Å². The van der Waals surface area contributed by atoms with Gasteiger partial charge in [-0.3, -0.25) is 4.79 Å². The van der Waals surface area contributed by atoms with E-state index in [1.165, 1.54) is 6.07 Å². The number of hydrogen-bond acceptors (Lipinski definition) is 1. The van der Waals surface area contributed by atoms with E-state index >= 15 is 0 Å². The molecule has 0 radical (unpaired) electrons. The minimum atomic E-state index is -0.207. The number of aromatic nitrogens is 1. The van der Waals surface area contributed by atoms with Gasteiger partial charge in [0, 0.05) is 40.6 Å². The molecule has 25 heavy (non-hydrogen) atoms. The fraction of sp³-hybridized carbons (Fsp3) is 0.286. The van der Waals surface area contributed by atoms with Crippen molar-refractivity contribution < 1.29 is 9.18 Å². The van der Waals surface area contributed by atoms with E-state index in [4.69, 9.17) is 0 Å². The van der Waals surface area contributed by atoms with E-state index in [0.717, 1.165) is 39.3 Å².